The van der Waals surface area contributed by atoms with E-state index in [1.54, 1.807) is 51.5 Å². The van der Waals surface area contributed by atoms with E-state index >= 15 is 0 Å². The van der Waals surface area contributed by atoms with Crippen LogP contribution in [0, 0.1) is 0 Å². The molecule has 4 aromatic carbocycles. The molecule has 2 heterocycles. The molecule has 6 rings (SSSR count). The van der Waals surface area contributed by atoms with Gasteiger partial charge in [-0.1, -0.05) is 24.3 Å². The topological polar surface area (TPSA) is 129 Å². The number of methoxy groups -OCH3 is 2. The Morgan fingerprint density at radius 2 is 1.09 bits per heavy atom. The maximum atomic E-state index is 13.0. The van der Waals surface area contributed by atoms with Gasteiger partial charge < -0.3 is 19.7 Å². The van der Waals surface area contributed by atoms with Crippen LogP contribution in [0.2, 0.25) is 0 Å². The van der Waals surface area contributed by atoms with E-state index < -0.39 is 0 Å². The van der Waals surface area contributed by atoms with Gasteiger partial charge in [0.15, 0.2) is 0 Å². The molecule has 0 aliphatic rings. The van der Waals surface area contributed by atoms with Crippen LogP contribution in [0.4, 0.5) is 0 Å². The van der Waals surface area contributed by atoms with Crippen LogP contribution >= 0.6 is 0 Å². The summed E-state index contributed by atoms with van der Waals surface area (Å²) >= 11 is 0. The van der Waals surface area contributed by atoms with E-state index in [1.807, 2.05) is 25.1 Å². The lowest BCUT2D eigenvalue weighted by Crippen LogP contribution is -2.20. The minimum Gasteiger partial charge on any atom is -0.508 e. The van der Waals surface area contributed by atoms with Gasteiger partial charge in [-0.2, -0.15) is 0 Å². The fraction of sp³-hybridized carbons (Fsp3) is 0.111. The molecule has 232 valence electrons. The van der Waals surface area contributed by atoms with Gasteiger partial charge in [0.2, 0.25) is 0 Å². The first-order valence-corrected chi connectivity index (χ1v) is 14.1. The standard InChI is InChI=1S/C19H18N2O3.C17H14N2O3/c1-12(2)16-9-15(24-4)10-17-18(16)19(22)21(11-20-17)13-5-7-14(23-3)8-6-13;1-10(2)14-7-13(21)8-15-16(14)17(22)19(9-18-15)11-3-5-12(20)6-4-11/h5-11H,1H2,2-4H3;3-9,20-21H,1H2,2H3. The molecule has 2 aromatic heterocycles. The van der Waals surface area contributed by atoms with Crippen LogP contribution in [0.5, 0.6) is 23.0 Å². The fourth-order valence-corrected chi connectivity index (χ4v) is 4.97. The zero-order valence-corrected chi connectivity index (χ0v) is 25.8. The zero-order valence-electron chi connectivity index (χ0n) is 25.8. The Morgan fingerprint density at radius 1 is 0.630 bits per heavy atom. The lowest BCUT2D eigenvalue weighted by molar-refractivity contribution is 0.414. The summed E-state index contributed by atoms with van der Waals surface area (Å²) < 4.78 is 13.4. The number of allylic oxidation sites excluding steroid dienone is 2. The van der Waals surface area contributed by atoms with Crippen LogP contribution in [-0.4, -0.2) is 43.5 Å². The highest BCUT2D eigenvalue weighted by molar-refractivity contribution is 5.92. The normalized spacial score (nSPS) is 10.7. The lowest BCUT2D eigenvalue weighted by Gasteiger charge is -2.12. The van der Waals surface area contributed by atoms with Crippen LogP contribution in [0.3, 0.4) is 0 Å². The zero-order chi connectivity index (χ0) is 33.1. The molecular formula is C36H32N4O6. The van der Waals surface area contributed by atoms with Crippen molar-refractivity contribution in [2.75, 3.05) is 14.2 Å². The molecule has 10 nitrogen and oxygen atoms in total. The Bertz CT molecular complexity index is 2230. The highest BCUT2D eigenvalue weighted by atomic mass is 16.5. The quantitative estimate of drug-likeness (QED) is 0.224. The molecule has 0 unspecified atom stereocenters. The molecule has 0 bridgehead atoms. The molecule has 10 heteroatoms. The lowest BCUT2D eigenvalue weighted by atomic mass is 10.0. The van der Waals surface area contributed by atoms with E-state index in [1.165, 1.54) is 46.1 Å². The van der Waals surface area contributed by atoms with Crippen LogP contribution in [-0.2, 0) is 0 Å². The van der Waals surface area contributed by atoms with Gasteiger partial charge >= 0.3 is 0 Å². The fourth-order valence-electron chi connectivity index (χ4n) is 4.97. The number of nitrogens with zero attached hydrogens (tertiary/aromatic N) is 4. The second-order valence-corrected chi connectivity index (χ2v) is 10.6. The summed E-state index contributed by atoms with van der Waals surface area (Å²) in [6.07, 6.45) is 2.92. The average molecular weight is 617 g/mol. The largest absolute Gasteiger partial charge is 0.508 e. The first-order chi connectivity index (χ1) is 22.0. The number of aromatic nitrogens is 4. The third-order valence-corrected chi connectivity index (χ3v) is 7.32. The van der Waals surface area contributed by atoms with Crippen LogP contribution in [0.1, 0.15) is 25.0 Å². The predicted octanol–water partition coefficient (Wildman–Crippen LogP) is 6.27. The minimum atomic E-state index is -0.256. The summed E-state index contributed by atoms with van der Waals surface area (Å²) in [5.74, 6) is 1.54. The van der Waals surface area contributed by atoms with Gasteiger partial charge in [-0.05, 0) is 85.6 Å². The SMILES string of the molecule is C=C(C)c1cc(O)cc2ncn(-c3ccc(O)cc3)c(=O)c12.C=C(C)c1cc(OC)cc2ncn(-c3ccc(OC)cc3)c(=O)c12. The molecule has 0 radical (unpaired) electrons. The van der Waals surface area contributed by atoms with E-state index in [-0.39, 0.29) is 22.6 Å². The van der Waals surface area contributed by atoms with Crippen molar-refractivity contribution in [3.63, 3.8) is 0 Å². The second-order valence-electron chi connectivity index (χ2n) is 10.6. The maximum Gasteiger partial charge on any atom is 0.266 e. The minimum absolute atomic E-state index is 0.0415. The number of benzene rings is 4. The van der Waals surface area contributed by atoms with Crippen LogP contribution in [0.25, 0.3) is 44.3 Å². The Hall–Kier alpha value is -6.16. The summed E-state index contributed by atoms with van der Waals surface area (Å²) in [4.78, 5) is 34.5. The Balaban J connectivity index is 0.000000182. The molecule has 0 saturated heterocycles. The average Bonchev–Trinajstić information content (AvgIpc) is 3.05. The Morgan fingerprint density at radius 3 is 1.57 bits per heavy atom. The maximum absolute atomic E-state index is 13.0. The summed E-state index contributed by atoms with van der Waals surface area (Å²) in [6, 6.07) is 20.0. The molecule has 0 saturated carbocycles. The number of hydrogen-bond acceptors (Lipinski definition) is 8. The molecule has 0 fully saturated rings. The highest BCUT2D eigenvalue weighted by Crippen LogP contribution is 2.28. The molecular weight excluding hydrogens is 584 g/mol. The van der Waals surface area contributed by atoms with E-state index in [9.17, 15) is 19.8 Å². The summed E-state index contributed by atoms with van der Waals surface area (Å²) in [7, 11) is 3.19. The predicted molar refractivity (Wildman–Crippen MR) is 181 cm³/mol. The van der Waals surface area contributed by atoms with Crippen molar-refractivity contribution in [1.82, 2.24) is 19.1 Å². The van der Waals surface area contributed by atoms with Gasteiger partial charge in [0, 0.05) is 12.1 Å². The molecule has 0 spiro atoms. The molecule has 46 heavy (non-hydrogen) atoms. The van der Waals surface area contributed by atoms with Crippen molar-refractivity contribution in [1.29, 1.82) is 0 Å². The van der Waals surface area contributed by atoms with E-state index in [2.05, 4.69) is 23.1 Å². The summed E-state index contributed by atoms with van der Waals surface area (Å²) in [6.45, 7) is 11.4. The van der Waals surface area contributed by atoms with Gasteiger partial charge in [-0.25, -0.2) is 9.97 Å². The number of rotatable bonds is 6. The number of fused-ring (bicyclic) bond motifs is 2. The molecule has 0 aliphatic heterocycles. The van der Waals surface area contributed by atoms with Gasteiger partial charge in [0.1, 0.15) is 35.7 Å². The van der Waals surface area contributed by atoms with E-state index in [0.29, 0.717) is 44.4 Å². The van der Waals surface area contributed by atoms with Crippen molar-refractivity contribution in [3.05, 3.63) is 130 Å². The van der Waals surface area contributed by atoms with E-state index in [0.717, 1.165) is 22.6 Å². The third kappa shape index (κ3) is 6.09. The summed E-state index contributed by atoms with van der Waals surface area (Å²) in [5, 5.41) is 20.0. The van der Waals surface area contributed by atoms with Gasteiger partial charge in [0.25, 0.3) is 11.1 Å². The highest BCUT2D eigenvalue weighted by Gasteiger charge is 2.14. The first-order valence-electron chi connectivity index (χ1n) is 14.1. The first kappa shape index (κ1) is 31.3. The Labute approximate surface area is 264 Å². The number of phenolic OH excluding ortho intramolecular Hbond substituents is 2. The van der Waals surface area contributed by atoms with Gasteiger partial charge in [-0.15, -0.1) is 0 Å². The van der Waals surface area contributed by atoms with Crippen molar-refractivity contribution < 1.29 is 19.7 Å². The monoisotopic (exact) mass is 616 g/mol. The number of ether oxygens (including phenoxy) is 2. The number of aromatic hydroxyl groups is 2. The van der Waals surface area contributed by atoms with Crippen LogP contribution in [0.15, 0.2) is 108 Å². The summed E-state index contributed by atoms with van der Waals surface area (Å²) in [5.41, 5.74) is 4.68. The molecule has 2 N–H and O–H groups in total. The van der Waals surface area contributed by atoms with Crippen molar-refractivity contribution in [2.45, 2.75) is 13.8 Å². The smallest absolute Gasteiger partial charge is 0.266 e. The van der Waals surface area contributed by atoms with Crippen molar-refractivity contribution >= 4 is 33.0 Å². The van der Waals surface area contributed by atoms with E-state index in [4.69, 9.17) is 9.47 Å². The third-order valence-electron chi connectivity index (χ3n) is 7.32. The van der Waals surface area contributed by atoms with Gasteiger partial charge in [0.05, 0.1) is 47.4 Å². The number of phenols is 2. The Kier molecular flexibility index (Phi) is 8.72. The van der Waals surface area contributed by atoms with Crippen molar-refractivity contribution in [3.8, 4) is 34.4 Å². The number of hydrogen-bond donors (Lipinski definition) is 2. The molecule has 0 amide bonds. The van der Waals surface area contributed by atoms with Gasteiger partial charge in [-0.3, -0.25) is 18.7 Å². The van der Waals surface area contributed by atoms with Crippen LogP contribution < -0.4 is 20.6 Å². The molecule has 0 aliphatic carbocycles. The van der Waals surface area contributed by atoms with Crippen molar-refractivity contribution in [2.24, 2.45) is 0 Å². The second kappa shape index (κ2) is 12.8. The molecule has 6 aromatic rings. The molecule has 0 atom stereocenters.